The zero-order chi connectivity index (χ0) is 21.6. The van der Waals surface area contributed by atoms with Crippen molar-refractivity contribution in [2.24, 2.45) is 0 Å². The Morgan fingerprint density at radius 2 is 1.81 bits per heavy atom. The molecule has 3 aromatic rings. The quantitative estimate of drug-likeness (QED) is 0.554. The molecule has 0 atom stereocenters. The van der Waals surface area contributed by atoms with Gasteiger partial charge < -0.3 is 9.64 Å². The van der Waals surface area contributed by atoms with E-state index in [9.17, 15) is 4.79 Å². The Morgan fingerprint density at radius 1 is 1.03 bits per heavy atom. The number of thiazole rings is 1. The topological polar surface area (TPSA) is 45.7 Å². The number of aryl methyl sites for hydroxylation is 1. The van der Waals surface area contributed by atoms with Crippen LogP contribution in [0.25, 0.3) is 10.6 Å². The number of nitrogens with zero attached hydrogens (tertiary/aromatic N) is 3. The van der Waals surface area contributed by atoms with Crippen molar-refractivity contribution in [3.63, 3.8) is 0 Å². The molecule has 0 aliphatic carbocycles. The number of amides is 1. The summed E-state index contributed by atoms with van der Waals surface area (Å²) in [5.41, 5.74) is 3.14. The van der Waals surface area contributed by atoms with Crippen LogP contribution in [0.2, 0.25) is 0 Å². The fraction of sp³-hybridized carbons (Fsp3) is 0.360. The number of hydrogen-bond donors (Lipinski definition) is 0. The standard InChI is InChI=1S/C25H29N3O2S/c1-3-30-22-12-10-21(11-13-22)24-26-19(2)23(31-24)25(29)28-15-7-14-27(16-17-28)18-20-8-5-4-6-9-20/h4-6,8-13H,3,7,14-18H2,1-2H3. The summed E-state index contributed by atoms with van der Waals surface area (Å²) in [6, 6.07) is 18.4. The molecule has 1 aliphatic rings. The molecule has 1 fully saturated rings. The highest BCUT2D eigenvalue weighted by Crippen LogP contribution is 2.30. The zero-order valence-corrected chi connectivity index (χ0v) is 19.0. The van der Waals surface area contributed by atoms with Crippen molar-refractivity contribution in [3.8, 4) is 16.3 Å². The number of rotatable bonds is 6. The minimum absolute atomic E-state index is 0.105. The Bertz CT molecular complexity index is 1000. The first-order valence-corrected chi connectivity index (χ1v) is 11.7. The van der Waals surface area contributed by atoms with Crippen LogP contribution in [0.3, 0.4) is 0 Å². The summed E-state index contributed by atoms with van der Waals surface area (Å²) >= 11 is 1.49. The lowest BCUT2D eigenvalue weighted by Crippen LogP contribution is -2.35. The Morgan fingerprint density at radius 3 is 2.55 bits per heavy atom. The van der Waals surface area contributed by atoms with Gasteiger partial charge >= 0.3 is 0 Å². The van der Waals surface area contributed by atoms with E-state index in [4.69, 9.17) is 4.74 Å². The molecule has 5 nitrogen and oxygen atoms in total. The van der Waals surface area contributed by atoms with E-state index >= 15 is 0 Å². The van der Waals surface area contributed by atoms with Gasteiger partial charge in [-0.1, -0.05) is 30.3 Å². The second-order valence-electron chi connectivity index (χ2n) is 7.80. The van der Waals surface area contributed by atoms with Gasteiger partial charge in [0.1, 0.15) is 15.6 Å². The van der Waals surface area contributed by atoms with Gasteiger partial charge in [0.2, 0.25) is 0 Å². The molecule has 0 N–H and O–H groups in total. The van der Waals surface area contributed by atoms with Crippen LogP contribution in [0, 0.1) is 6.92 Å². The van der Waals surface area contributed by atoms with E-state index in [1.807, 2.05) is 49.1 Å². The Hall–Kier alpha value is -2.70. The van der Waals surface area contributed by atoms with Crippen molar-refractivity contribution in [2.45, 2.75) is 26.8 Å². The molecule has 2 aromatic carbocycles. The van der Waals surface area contributed by atoms with Crippen molar-refractivity contribution < 1.29 is 9.53 Å². The molecule has 31 heavy (non-hydrogen) atoms. The highest BCUT2D eigenvalue weighted by Gasteiger charge is 2.24. The molecule has 1 saturated heterocycles. The summed E-state index contributed by atoms with van der Waals surface area (Å²) in [5, 5.41) is 0.879. The summed E-state index contributed by atoms with van der Waals surface area (Å²) in [7, 11) is 0. The van der Waals surface area contributed by atoms with E-state index < -0.39 is 0 Å². The normalized spacial score (nSPS) is 15.0. The molecule has 0 unspecified atom stereocenters. The van der Waals surface area contributed by atoms with E-state index in [-0.39, 0.29) is 5.91 Å². The van der Waals surface area contributed by atoms with Crippen molar-refractivity contribution in [1.82, 2.24) is 14.8 Å². The second kappa shape index (κ2) is 10.1. The Labute approximate surface area is 188 Å². The summed E-state index contributed by atoms with van der Waals surface area (Å²) in [6.07, 6.45) is 0.988. The average Bonchev–Trinajstić information content (AvgIpc) is 3.02. The lowest BCUT2D eigenvalue weighted by atomic mass is 10.2. The minimum atomic E-state index is 0.105. The molecule has 1 aromatic heterocycles. The van der Waals surface area contributed by atoms with Gasteiger partial charge in [-0.25, -0.2) is 4.98 Å². The zero-order valence-electron chi connectivity index (χ0n) is 18.2. The number of carbonyl (C=O) groups is 1. The van der Waals surface area contributed by atoms with Crippen LogP contribution in [0.4, 0.5) is 0 Å². The highest BCUT2D eigenvalue weighted by atomic mass is 32.1. The van der Waals surface area contributed by atoms with E-state index in [0.29, 0.717) is 6.61 Å². The number of aromatic nitrogens is 1. The molecule has 0 spiro atoms. The maximum Gasteiger partial charge on any atom is 0.265 e. The Kier molecular flexibility index (Phi) is 6.99. The molecule has 1 amide bonds. The van der Waals surface area contributed by atoms with E-state index in [0.717, 1.165) is 66.0 Å². The van der Waals surface area contributed by atoms with Gasteiger partial charge in [0.15, 0.2) is 0 Å². The molecule has 0 saturated carbocycles. The first-order valence-electron chi connectivity index (χ1n) is 10.9. The van der Waals surface area contributed by atoms with Crippen molar-refractivity contribution >= 4 is 17.2 Å². The lowest BCUT2D eigenvalue weighted by Gasteiger charge is -2.21. The molecule has 0 bridgehead atoms. The van der Waals surface area contributed by atoms with Crippen LogP contribution >= 0.6 is 11.3 Å². The maximum absolute atomic E-state index is 13.3. The molecular weight excluding hydrogens is 406 g/mol. The molecular formula is C25H29N3O2S. The largest absolute Gasteiger partial charge is 0.494 e. The van der Waals surface area contributed by atoms with Crippen LogP contribution in [0.15, 0.2) is 54.6 Å². The number of carbonyl (C=O) groups excluding carboxylic acids is 1. The predicted octanol–water partition coefficient (Wildman–Crippen LogP) is 4.87. The average molecular weight is 436 g/mol. The number of ether oxygens (including phenoxy) is 1. The molecule has 162 valence electrons. The molecule has 0 radical (unpaired) electrons. The van der Waals surface area contributed by atoms with Gasteiger partial charge in [0, 0.05) is 38.3 Å². The lowest BCUT2D eigenvalue weighted by molar-refractivity contribution is 0.0765. The summed E-state index contributed by atoms with van der Waals surface area (Å²) in [6.45, 7) is 8.93. The molecule has 1 aliphatic heterocycles. The smallest absolute Gasteiger partial charge is 0.265 e. The third-order valence-electron chi connectivity index (χ3n) is 5.53. The van der Waals surface area contributed by atoms with Gasteiger partial charge in [0.05, 0.1) is 12.3 Å². The SMILES string of the molecule is CCOc1ccc(-c2nc(C)c(C(=O)N3CCCN(Cc4ccccc4)CC3)s2)cc1. The molecule has 6 heteroatoms. The minimum Gasteiger partial charge on any atom is -0.494 e. The fourth-order valence-electron chi connectivity index (χ4n) is 3.90. The van der Waals surface area contributed by atoms with Crippen LogP contribution < -0.4 is 4.74 Å². The third kappa shape index (κ3) is 5.32. The van der Waals surface area contributed by atoms with Gasteiger partial charge in [0.25, 0.3) is 5.91 Å². The number of hydrogen-bond acceptors (Lipinski definition) is 5. The monoisotopic (exact) mass is 435 g/mol. The highest BCUT2D eigenvalue weighted by molar-refractivity contribution is 7.17. The van der Waals surface area contributed by atoms with Crippen LogP contribution in [-0.2, 0) is 6.54 Å². The first kappa shape index (κ1) is 21.5. The summed E-state index contributed by atoms with van der Waals surface area (Å²) in [4.78, 5) is 23.1. The first-order chi connectivity index (χ1) is 15.1. The van der Waals surface area contributed by atoms with Crippen molar-refractivity contribution in [2.75, 3.05) is 32.8 Å². The van der Waals surface area contributed by atoms with E-state index in [1.54, 1.807) is 0 Å². The summed E-state index contributed by atoms with van der Waals surface area (Å²) in [5.74, 6) is 0.953. The fourth-order valence-corrected chi connectivity index (χ4v) is 4.94. The second-order valence-corrected chi connectivity index (χ2v) is 8.80. The molecule has 2 heterocycles. The summed E-state index contributed by atoms with van der Waals surface area (Å²) < 4.78 is 5.52. The Balaban J connectivity index is 1.42. The van der Waals surface area contributed by atoms with Gasteiger partial charge in [-0.3, -0.25) is 9.69 Å². The maximum atomic E-state index is 13.3. The van der Waals surface area contributed by atoms with Gasteiger partial charge in [-0.2, -0.15) is 0 Å². The van der Waals surface area contributed by atoms with Crippen molar-refractivity contribution in [1.29, 1.82) is 0 Å². The van der Waals surface area contributed by atoms with Crippen LogP contribution in [0.1, 0.15) is 34.3 Å². The van der Waals surface area contributed by atoms with Crippen LogP contribution in [0.5, 0.6) is 5.75 Å². The van der Waals surface area contributed by atoms with Crippen LogP contribution in [-0.4, -0.2) is 53.5 Å². The van der Waals surface area contributed by atoms with Gasteiger partial charge in [-0.15, -0.1) is 11.3 Å². The molecule has 4 rings (SSSR count). The van der Waals surface area contributed by atoms with E-state index in [1.165, 1.54) is 16.9 Å². The van der Waals surface area contributed by atoms with Gasteiger partial charge in [-0.05, 0) is 50.1 Å². The van der Waals surface area contributed by atoms with Crippen molar-refractivity contribution in [3.05, 3.63) is 70.7 Å². The third-order valence-corrected chi connectivity index (χ3v) is 6.72. The predicted molar refractivity (Wildman–Crippen MR) is 126 cm³/mol. The van der Waals surface area contributed by atoms with E-state index in [2.05, 4.69) is 34.1 Å². The number of benzene rings is 2.